The van der Waals surface area contributed by atoms with Gasteiger partial charge >= 0.3 is 0 Å². The van der Waals surface area contributed by atoms with Crippen LogP contribution in [0.25, 0.3) is 10.9 Å². The highest BCUT2D eigenvalue weighted by atomic mass is 15.0. The normalized spacial score (nSPS) is 11.4. The maximum Gasteiger partial charge on any atom is 0.0486 e. The van der Waals surface area contributed by atoms with Crippen molar-refractivity contribution in [2.24, 2.45) is 0 Å². The van der Waals surface area contributed by atoms with E-state index in [0.29, 0.717) is 5.92 Å². The summed E-state index contributed by atoms with van der Waals surface area (Å²) in [6.45, 7) is 10.0. The third-order valence-corrected chi connectivity index (χ3v) is 3.52. The first kappa shape index (κ1) is 12.0. The third-order valence-electron chi connectivity index (χ3n) is 3.52. The molecule has 17 heavy (non-hydrogen) atoms. The summed E-state index contributed by atoms with van der Waals surface area (Å²) in [5.41, 5.74) is 5.43. The second kappa shape index (κ2) is 4.44. The summed E-state index contributed by atoms with van der Waals surface area (Å²) < 4.78 is 2.44. The van der Waals surface area contributed by atoms with Crippen LogP contribution in [0.15, 0.2) is 18.2 Å². The Balaban J connectivity index is 2.79. The molecule has 2 aromatic rings. The molecule has 0 aliphatic rings. The molecule has 92 valence electrons. The highest BCUT2D eigenvalue weighted by Crippen LogP contribution is 2.32. The van der Waals surface area contributed by atoms with E-state index in [-0.39, 0.29) is 0 Å². The molecule has 2 heteroatoms. The molecule has 1 aromatic heterocycles. The Morgan fingerprint density at radius 1 is 1.29 bits per heavy atom. The Labute approximate surface area is 104 Å². The van der Waals surface area contributed by atoms with Gasteiger partial charge in [-0.25, -0.2) is 0 Å². The van der Waals surface area contributed by atoms with Crippen LogP contribution in [0.5, 0.6) is 0 Å². The quantitative estimate of drug-likeness (QED) is 0.838. The fourth-order valence-corrected chi connectivity index (χ4v) is 2.78. The van der Waals surface area contributed by atoms with Gasteiger partial charge in [0.2, 0.25) is 0 Å². The van der Waals surface area contributed by atoms with Crippen molar-refractivity contribution < 1.29 is 0 Å². The van der Waals surface area contributed by atoms with Gasteiger partial charge < -0.3 is 9.88 Å². The molecule has 1 aromatic carbocycles. The fraction of sp³-hybridized carbons (Fsp3) is 0.467. The lowest BCUT2D eigenvalue weighted by molar-refractivity contribution is 0.686. The zero-order valence-electron chi connectivity index (χ0n) is 11.5. The van der Waals surface area contributed by atoms with Crippen LogP contribution in [0, 0.1) is 6.92 Å². The number of aryl methyl sites for hydroxylation is 2. The Morgan fingerprint density at radius 3 is 2.53 bits per heavy atom. The lowest BCUT2D eigenvalue weighted by atomic mass is 10.0. The van der Waals surface area contributed by atoms with Crippen LogP contribution < -0.4 is 5.32 Å². The van der Waals surface area contributed by atoms with Crippen LogP contribution in [-0.2, 0) is 6.54 Å². The average molecular weight is 230 g/mol. The molecule has 0 aliphatic carbocycles. The number of rotatable bonds is 3. The van der Waals surface area contributed by atoms with E-state index in [9.17, 15) is 0 Å². The lowest BCUT2D eigenvalue weighted by Gasteiger charge is -2.11. The first-order valence-electron chi connectivity index (χ1n) is 6.40. The second-order valence-corrected chi connectivity index (χ2v) is 4.89. The predicted molar refractivity (Wildman–Crippen MR) is 76.0 cm³/mol. The smallest absolute Gasteiger partial charge is 0.0486 e. The third kappa shape index (κ3) is 1.82. The molecule has 0 saturated heterocycles. The van der Waals surface area contributed by atoms with Gasteiger partial charge in [-0.1, -0.05) is 13.8 Å². The van der Waals surface area contributed by atoms with Gasteiger partial charge in [0.05, 0.1) is 0 Å². The topological polar surface area (TPSA) is 17.0 Å². The minimum Gasteiger partial charge on any atom is -0.388 e. The van der Waals surface area contributed by atoms with Crippen molar-refractivity contribution in [3.05, 3.63) is 29.5 Å². The van der Waals surface area contributed by atoms with Crippen molar-refractivity contribution >= 4 is 16.6 Å². The standard InChI is InChI=1S/C15H22N2/c1-6-17-14-8-7-12(16-5)9-13(14)11(4)15(17)10(2)3/h7-10,16H,6H2,1-5H3. The van der Waals surface area contributed by atoms with E-state index in [1.165, 1.54) is 27.8 Å². The van der Waals surface area contributed by atoms with E-state index in [1.54, 1.807) is 0 Å². The minimum atomic E-state index is 0.570. The molecule has 0 amide bonds. The van der Waals surface area contributed by atoms with Crippen LogP contribution in [0.2, 0.25) is 0 Å². The molecule has 0 radical (unpaired) electrons. The summed E-state index contributed by atoms with van der Waals surface area (Å²) >= 11 is 0. The molecule has 0 unspecified atom stereocenters. The molecule has 0 atom stereocenters. The summed E-state index contributed by atoms with van der Waals surface area (Å²) in [6.07, 6.45) is 0. The number of hydrogen-bond donors (Lipinski definition) is 1. The summed E-state index contributed by atoms with van der Waals surface area (Å²) in [6, 6.07) is 6.63. The number of benzene rings is 1. The summed E-state index contributed by atoms with van der Waals surface area (Å²) in [4.78, 5) is 0. The maximum absolute atomic E-state index is 3.21. The summed E-state index contributed by atoms with van der Waals surface area (Å²) in [5.74, 6) is 0.570. The van der Waals surface area contributed by atoms with Crippen LogP contribution in [0.1, 0.15) is 37.9 Å². The van der Waals surface area contributed by atoms with Crippen molar-refractivity contribution in [3.63, 3.8) is 0 Å². The zero-order valence-corrected chi connectivity index (χ0v) is 11.5. The molecule has 1 heterocycles. The van der Waals surface area contributed by atoms with Crippen molar-refractivity contribution in [2.45, 2.75) is 40.2 Å². The van der Waals surface area contributed by atoms with Crippen molar-refractivity contribution in [3.8, 4) is 0 Å². The molecule has 0 aliphatic heterocycles. The maximum atomic E-state index is 3.21. The monoisotopic (exact) mass is 230 g/mol. The number of fused-ring (bicyclic) bond motifs is 1. The zero-order chi connectivity index (χ0) is 12.6. The molecule has 0 fully saturated rings. The van der Waals surface area contributed by atoms with E-state index >= 15 is 0 Å². The van der Waals surface area contributed by atoms with Gasteiger partial charge in [0.25, 0.3) is 0 Å². The van der Waals surface area contributed by atoms with Crippen LogP contribution in [-0.4, -0.2) is 11.6 Å². The van der Waals surface area contributed by atoms with Gasteiger partial charge in [0, 0.05) is 35.9 Å². The van der Waals surface area contributed by atoms with E-state index in [4.69, 9.17) is 0 Å². The average Bonchev–Trinajstić information content (AvgIpc) is 2.61. The molecular weight excluding hydrogens is 208 g/mol. The molecule has 0 saturated carbocycles. The first-order chi connectivity index (χ1) is 8.10. The Bertz CT molecular complexity index is 535. The van der Waals surface area contributed by atoms with Gasteiger partial charge in [-0.05, 0) is 43.5 Å². The van der Waals surface area contributed by atoms with E-state index in [0.717, 1.165) is 6.54 Å². The number of nitrogens with one attached hydrogen (secondary N) is 1. The number of anilines is 1. The number of hydrogen-bond acceptors (Lipinski definition) is 1. The van der Waals surface area contributed by atoms with Gasteiger partial charge in [-0.3, -0.25) is 0 Å². The first-order valence-corrected chi connectivity index (χ1v) is 6.40. The van der Waals surface area contributed by atoms with E-state index in [1.807, 2.05) is 7.05 Å². The van der Waals surface area contributed by atoms with E-state index in [2.05, 4.69) is 55.8 Å². The molecule has 0 spiro atoms. The van der Waals surface area contributed by atoms with Crippen LogP contribution in [0.4, 0.5) is 5.69 Å². The lowest BCUT2D eigenvalue weighted by Crippen LogP contribution is -2.03. The molecule has 1 N–H and O–H groups in total. The van der Waals surface area contributed by atoms with Gasteiger partial charge in [0.15, 0.2) is 0 Å². The second-order valence-electron chi connectivity index (χ2n) is 4.89. The van der Waals surface area contributed by atoms with Crippen LogP contribution >= 0.6 is 0 Å². The number of aromatic nitrogens is 1. The van der Waals surface area contributed by atoms with Crippen molar-refractivity contribution in [1.82, 2.24) is 4.57 Å². The van der Waals surface area contributed by atoms with Gasteiger partial charge in [0.1, 0.15) is 0 Å². The summed E-state index contributed by atoms with van der Waals surface area (Å²) in [5, 5.41) is 4.59. The summed E-state index contributed by atoms with van der Waals surface area (Å²) in [7, 11) is 1.97. The van der Waals surface area contributed by atoms with Gasteiger partial charge in [-0.15, -0.1) is 0 Å². The molecule has 0 bridgehead atoms. The SMILES string of the molecule is CCn1c(C(C)C)c(C)c2cc(NC)ccc21. The Kier molecular flexibility index (Phi) is 3.14. The molecular formula is C15H22N2. The predicted octanol–water partition coefficient (Wildman–Crippen LogP) is 4.13. The van der Waals surface area contributed by atoms with Crippen molar-refractivity contribution in [1.29, 1.82) is 0 Å². The van der Waals surface area contributed by atoms with E-state index < -0.39 is 0 Å². The van der Waals surface area contributed by atoms with Gasteiger partial charge in [-0.2, -0.15) is 0 Å². The fourth-order valence-electron chi connectivity index (χ4n) is 2.78. The minimum absolute atomic E-state index is 0.570. The molecule has 2 nitrogen and oxygen atoms in total. The number of nitrogens with zero attached hydrogens (tertiary/aromatic N) is 1. The highest BCUT2D eigenvalue weighted by molar-refractivity contribution is 5.88. The highest BCUT2D eigenvalue weighted by Gasteiger charge is 2.15. The molecule has 2 rings (SSSR count). The van der Waals surface area contributed by atoms with Crippen LogP contribution in [0.3, 0.4) is 0 Å². The largest absolute Gasteiger partial charge is 0.388 e. The Hall–Kier alpha value is -1.44. The van der Waals surface area contributed by atoms with Crippen molar-refractivity contribution in [2.75, 3.05) is 12.4 Å². The Morgan fingerprint density at radius 2 is 2.00 bits per heavy atom.